The van der Waals surface area contributed by atoms with Crippen LogP contribution in [0, 0.1) is 47.0 Å². The number of benzene rings is 2. The second-order valence-corrected chi connectivity index (χ2v) is 8.39. The Morgan fingerprint density at radius 3 is 2.31 bits per heavy atom. The van der Waals surface area contributed by atoms with Gasteiger partial charge < -0.3 is 0 Å². The highest BCUT2D eigenvalue weighted by molar-refractivity contribution is 5.47. The highest BCUT2D eigenvalue weighted by Crippen LogP contribution is 2.40. The average Bonchev–Trinajstić information content (AvgIpc) is 2.74. The van der Waals surface area contributed by atoms with Gasteiger partial charge in [0.1, 0.15) is 5.82 Å². The first-order valence-electron chi connectivity index (χ1n) is 10.4. The van der Waals surface area contributed by atoms with Gasteiger partial charge in [0.15, 0.2) is 11.6 Å². The van der Waals surface area contributed by atoms with Gasteiger partial charge in [0.05, 0.1) is 5.56 Å². The fourth-order valence-corrected chi connectivity index (χ4v) is 4.87. The second kappa shape index (κ2) is 8.49. The van der Waals surface area contributed by atoms with Gasteiger partial charge in [-0.25, -0.2) is 13.2 Å². The van der Waals surface area contributed by atoms with Crippen molar-refractivity contribution in [1.29, 1.82) is 0 Å². The normalized spacial score (nSPS) is 23.6. The van der Waals surface area contributed by atoms with Crippen LogP contribution in [0.2, 0.25) is 0 Å². The summed E-state index contributed by atoms with van der Waals surface area (Å²) in [6, 6.07) is 6.93. The molecule has 1 fully saturated rings. The van der Waals surface area contributed by atoms with E-state index in [9.17, 15) is 13.2 Å². The van der Waals surface area contributed by atoms with Crippen LogP contribution in [-0.2, 0) is 12.8 Å². The van der Waals surface area contributed by atoms with Crippen LogP contribution in [0.1, 0.15) is 54.4 Å². The van der Waals surface area contributed by atoms with Crippen molar-refractivity contribution in [2.45, 2.75) is 44.9 Å². The molecule has 2 aliphatic rings. The van der Waals surface area contributed by atoms with Crippen molar-refractivity contribution in [3.05, 3.63) is 82.7 Å². The third-order valence-electron chi connectivity index (χ3n) is 6.63. The van der Waals surface area contributed by atoms with Gasteiger partial charge in [0.2, 0.25) is 0 Å². The number of rotatable bonds is 2. The maximum absolute atomic E-state index is 14.6. The molecular weight excluding hydrogens is 369 g/mol. The molecule has 0 nitrogen and oxygen atoms in total. The van der Waals surface area contributed by atoms with Crippen molar-refractivity contribution in [3.63, 3.8) is 0 Å². The summed E-state index contributed by atoms with van der Waals surface area (Å²) in [5, 5.41) is 0. The Bertz CT molecular complexity index is 971. The summed E-state index contributed by atoms with van der Waals surface area (Å²) in [7, 11) is 0. The Morgan fingerprint density at radius 1 is 0.793 bits per heavy atom. The molecule has 0 amide bonds. The molecule has 0 bridgehead atoms. The molecule has 0 aliphatic heterocycles. The highest BCUT2D eigenvalue weighted by atomic mass is 19.2. The molecule has 3 heteroatoms. The minimum absolute atomic E-state index is 0.318. The van der Waals surface area contributed by atoms with Crippen LogP contribution in [0.4, 0.5) is 13.2 Å². The van der Waals surface area contributed by atoms with E-state index in [4.69, 9.17) is 0 Å². The monoisotopic (exact) mass is 394 g/mol. The lowest BCUT2D eigenvalue weighted by molar-refractivity contribution is 0.206. The van der Waals surface area contributed by atoms with Crippen LogP contribution >= 0.6 is 0 Å². The number of halogens is 3. The summed E-state index contributed by atoms with van der Waals surface area (Å²) in [6.45, 7) is 3.92. The van der Waals surface area contributed by atoms with Gasteiger partial charge in [-0.1, -0.05) is 17.9 Å². The predicted molar refractivity (Wildman–Crippen MR) is 110 cm³/mol. The third kappa shape index (κ3) is 4.42. The van der Waals surface area contributed by atoms with E-state index in [0.29, 0.717) is 23.0 Å². The van der Waals surface area contributed by atoms with E-state index in [2.05, 4.69) is 24.5 Å². The summed E-state index contributed by atoms with van der Waals surface area (Å²) >= 11 is 0. The quantitative estimate of drug-likeness (QED) is 0.398. The molecular formula is C26H25F3. The van der Waals surface area contributed by atoms with Crippen LogP contribution in [0.5, 0.6) is 0 Å². The topological polar surface area (TPSA) is 0 Å². The molecule has 1 unspecified atom stereocenters. The molecule has 150 valence electrons. The molecule has 2 aliphatic carbocycles. The van der Waals surface area contributed by atoms with Gasteiger partial charge in [-0.05, 0) is 104 Å². The van der Waals surface area contributed by atoms with Crippen LogP contribution in [0.15, 0.2) is 43.0 Å². The van der Waals surface area contributed by atoms with E-state index >= 15 is 0 Å². The number of hydrogen-bond acceptors (Lipinski definition) is 0. The van der Waals surface area contributed by atoms with Crippen molar-refractivity contribution in [3.8, 4) is 11.8 Å². The molecule has 0 radical (unpaired) electrons. The van der Waals surface area contributed by atoms with Gasteiger partial charge in [-0.3, -0.25) is 0 Å². The molecule has 1 saturated carbocycles. The Balaban J connectivity index is 1.49. The standard InChI is InChI=1S/C26H25F3/c1-2-17-3-7-19(8-4-17)20-10-11-21-14-22(25(28)16-23(21)15-20)9-5-18-6-12-24(27)26(29)13-18/h2,6,12-14,16-17,19-20H,1,3-4,7-8,10-11,15H2. The fourth-order valence-electron chi connectivity index (χ4n) is 4.87. The lowest BCUT2D eigenvalue weighted by Gasteiger charge is -2.36. The largest absolute Gasteiger partial charge is 0.206 e. The van der Waals surface area contributed by atoms with Gasteiger partial charge in [0.25, 0.3) is 0 Å². The molecule has 0 saturated heterocycles. The minimum Gasteiger partial charge on any atom is -0.206 e. The smallest absolute Gasteiger partial charge is 0.160 e. The number of aryl methyl sites for hydroxylation is 1. The van der Waals surface area contributed by atoms with Gasteiger partial charge in [-0.2, -0.15) is 0 Å². The van der Waals surface area contributed by atoms with Gasteiger partial charge in [-0.15, -0.1) is 6.58 Å². The van der Waals surface area contributed by atoms with E-state index in [1.54, 1.807) is 6.07 Å². The molecule has 1 atom stereocenters. The molecule has 0 aromatic heterocycles. The van der Waals surface area contributed by atoms with Crippen molar-refractivity contribution in [2.75, 3.05) is 0 Å². The Kier molecular flexibility index (Phi) is 5.81. The number of hydrogen-bond donors (Lipinski definition) is 0. The molecule has 0 N–H and O–H groups in total. The summed E-state index contributed by atoms with van der Waals surface area (Å²) in [4.78, 5) is 0. The summed E-state index contributed by atoms with van der Waals surface area (Å²) in [6.07, 6.45) is 10.1. The highest BCUT2D eigenvalue weighted by Gasteiger charge is 2.29. The lowest BCUT2D eigenvalue weighted by atomic mass is 9.69. The van der Waals surface area contributed by atoms with Crippen LogP contribution in [0.25, 0.3) is 0 Å². The zero-order valence-corrected chi connectivity index (χ0v) is 16.5. The van der Waals surface area contributed by atoms with E-state index in [-0.39, 0.29) is 5.82 Å². The molecule has 0 heterocycles. The minimum atomic E-state index is -0.948. The molecule has 0 spiro atoms. The maximum atomic E-state index is 14.6. The van der Waals surface area contributed by atoms with Crippen LogP contribution in [-0.4, -0.2) is 0 Å². The number of fused-ring (bicyclic) bond motifs is 1. The third-order valence-corrected chi connectivity index (χ3v) is 6.63. The maximum Gasteiger partial charge on any atom is 0.160 e. The van der Waals surface area contributed by atoms with Gasteiger partial charge >= 0.3 is 0 Å². The molecule has 29 heavy (non-hydrogen) atoms. The predicted octanol–water partition coefficient (Wildman–Crippen LogP) is 6.60. The molecule has 2 aromatic carbocycles. The van der Waals surface area contributed by atoms with Crippen molar-refractivity contribution < 1.29 is 13.2 Å². The first kappa shape index (κ1) is 19.8. The molecule has 2 aromatic rings. The average molecular weight is 394 g/mol. The van der Waals surface area contributed by atoms with E-state index in [1.165, 1.54) is 31.7 Å². The summed E-state index contributed by atoms with van der Waals surface area (Å²) in [5.74, 6) is 5.36. The van der Waals surface area contributed by atoms with Crippen molar-refractivity contribution >= 4 is 0 Å². The zero-order valence-electron chi connectivity index (χ0n) is 16.5. The van der Waals surface area contributed by atoms with Crippen LogP contribution in [0.3, 0.4) is 0 Å². The summed E-state index contributed by atoms with van der Waals surface area (Å²) in [5.41, 5.74) is 2.91. The fraction of sp³-hybridized carbons (Fsp3) is 0.385. The van der Waals surface area contributed by atoms with E-state index < -0.39 is 11.6 Å². The van der Waals surface area contributed by atoms with Gasteiger partial charge in [0, 0.05) is 5.56 Å². The lowest BCUT2D eigenvalue weighted by Crippen LogP contribution is -2.26. The second-order valence-electron chi connectivity index (χ2n) is 8.39. The van der Waals surface area contributed by atoms with Crippen LogP contribution < -0.4 is 0 Å². The number of allylic oxidation sites excluding steroid dienone is 1. The van der Waals surface area contributed by atoms with E-state index in [1.807, 2.05) is 6.07 Å². The first-order chi connectivity index (χ1) is 14.0. The van der Waals surface area contributed by atoms with Crippen molar-refractivity contribution in [1.82, 2.24) is 0 Å². The molecule has 4 rings (SSSR count). The Labute approximate surface area is 170 Å². The Hall–Kier alpha value is -2.47. The van der Waals surface area contributed by atoms with Crippen molar-refractivity contribution in [2.24, 2.45) is 17.8 Å². The SMILES string of the molecule is C=CC1CCC(C2CCc3cc(C#Cc4ccc(F)c(F)c4)c(F)cc3C2)CC1. The first-order valence-corrected chi connectivity index (χ1v) is 10.4. The summed E-state index contributed by atoms with van der Waals surface area (Å²) < 4.78 is 41.0. The van der Waals surface area contributed by atoms with E-state index in [0.717, 1.165) is 48.4 Å². The Morgan fingerprint density at radius 2 is 1.59 bits per heavy atom. The zero-order chi connectivity index (χ0) is 20.4.